The summed E-state index contributed by atoms with van der Waals surface area (Å²) in [6.07, 6.45) is 4.87. The van der Waals surface area contributed by atoms with Crippen molar-refractivity contribution < 1.29 is 24.3 Å². The van der Waals surface area contributed by atoms with Crippen LogP contribution < -0.4 is 33.2 Å². The summed E-state index contributed by atoms with van der Waals surface area (Å²) >= 11 is 7.12. The van der Waals surface area contributed by atoms with Crippen LogP contribution in [0.4, 0.5) is 0 Å². The lowest BCUT2D eigenvalue weighted by molar-refractivity contribution is -0.142. The van der Waals surface area contributed by atoms with E-state index in [1.807, 2.05) is 12.5 Å². The van der Waals surface area contributed by atoms with Crippen LogP contribution in [-0.4, -0.2) is 95.2 Å². The van der Waals surface area contributed by atoms with E-state index in [9.17, 15) is 24.3 Å². The molecular weight excluding hydrogens is 502 g/mol. The van der Waals surface area contributed by atoms with E-state index in [-0.39, 0.29) is 31.1 Å². The minimum atomic E-state index is -1.17. The minimum absolute atomic E-state index is 0.0271. The fraction of sp³-hybridized carbons (Fsp3) is 0.737. The standard InChI is InChI=1S/C19H37N7O5S3/c1-33-8-5-11(20)15(27)26-14(10-32)17(29)24-12(4-3-7-23-19(21)22)16(28)25-13(18(30)31)6-9-34-2/h11-14,32H,3-10,20H2,1-2H3,(H,24,29)(H,25,28)(H,26,27)(H,30,31)(H4,21,22,23). The first-order valence-corrected chi connectivity index (χ1v) is 14.0. The summed E-state index contributed by atoms with van der Waals surface area (Å²) in [5.74, 6) is -1.89. The highest BCUT2D eigenvalue weighted by Crippen LogP contribution is 2.05. The molecule has 12 nitrogen and oxygen atoms in total. The number of nitrogens with two attached hydrogens (primary N) is 3. The number of hydrogen-bond acceptors (Lipinski definition) is 9. The lowest BCUT2D eigenvalue weighted by Gasteiger charge is -2.24. The predicted octanol–water partition coefficient (Wildman–Crippen LogP) is -1.66. The largest absolute Gasteiger partial charge is 0.480 e. The third-order valence-corrected chi connectivity index (χ3v) is 6.24. The summed E-state index contributed by atoms with van der Waals surface area (Å²) in [6.45, 7) is 0.216. The molecule has 4 atom stereocenters. The molecule has 0 rings (SSSR count). The summed E-state index contributed by atoms with van der Waals surface area (Å²) in [6, 6.07) is -3.99. The number of amides is 3. The van der Waals surface area contributed by atoms with Crippen molar-refractivity contribution in [3.05, 3.63) is 0 Å². The van der Waals surface area contributed by atoms with Gasteiger partial charge in [0.25, 0.3) is 0 Å². The van der Waals surface area contributed by atoms with Gasteiger partial charge in [0, 0.05) is 12.3 Å². The highest BCUT2D eigenvalue weighted by Gasteiger charge is 2.29. The maximum atomic E-state index is 12.8. The van der Waals surface area contributed by atoms with Gasteiger partial charge in [0.2, 0.25) is 17.7 Å². The lowest BCUT2D eigenvalue weighted by Crippen LogP contribution is -2.57. The number of aliphatic carboxylic acids is 1. The Hall–Kier alpha value is -1.84. The Morgan fingerprint density at radius 2 is 1.41 bits per heavy atom. The van der Waals surface area contributed by atoms with E-state index in [1.54, 1.807) is 11.8 Å². The molecule has 0 aromatic rings. The molecule has 3 amide bonds. The first kappa shape index (κ1) is 32.2. The molecule has 0 aliphatic heterocycles. The summed E-state index contributed by atoms with van der Waals surface area (Å²) in [5, 5.41) is 17.0. The van der Waals surface area contributed by atoms with Gasteiger partial charge < -0.3 is 38.3 Å². The van der Waals surface area contributed by atoms with Gasteiger partial charge in [0.15, 0.2) is 5.96 Å². The maximum Gasteiger partial charge on any atom is 0.326 e. The van der Waals surface area contributed by atoms with Crippen molar-refractivity contribution in [1.82, 2.24) is 16.0 Å². The van der Waals surface area contributed by atoms with E-state index in [2.05, 4.69) is 33.6 Å². The van der Waals surface area contributed by atoms with Crippen molar-refractivity contribution in [2.24, 2.45) is 22.2 Å². The molecule has 0 aliphatic carbocycles. The van der Waals surface area contributed by atoms with Gasteiger partial charge in [-0.05, 0) is 49.7 Å². The molecule has 0 radical (unpaired) electrons. The third-order valence-electron chi connectivity index (χ3n) is 4.59. The average molecular weight is 540 g/mol. The number of thioether (sulfide) groups is 2. The first-order chi connectivity index (χ1) is 16.1. The number of nitrogens with zero attached hydrogens (tertiary/aromatic N) is 1. The molecule has 0 fully saturated rings. The normalized spacial score (nSPS) is 14.2. The van der Waals surface area contributed by atoms with Crippen LogP contribution in [-0.2, 0) is 19.2 Å². The number of carbonyl (C=O) groups excluding carboxylic acids is 3. The molecule has 0 aromatic heterocycles. The quantitative estimate of drug-likeness (QED) is 0.0429. The van der Waals surface area contributed by atoms with Crippen LogP contribution in [0.2, 0.25) is 0 Å². The van der Waals surface area contributed by atoms with Gasteiger partial charge in [0.1, 0.15) is 18.1 Å². The third kappa shape index (κ3) is 13.8. The summed E-state index contributed by atoms with van der Waals surface area (Å²) in [4.78, 5) is 53.3. The Bertz CT molecular complexity index is 695. The van der Waals surface area contributed by atoms with Crippen molar-refractivity contribution in [1.29, 1.82) is 0 Å². The molecule has 0 saturated carbocycles. The van der Waals surface area contributed by atoms with E-state index in [1.165, 1.54) is 11.8 Å². The summed E-state index contributed by atoms with van der Waals surface area (Å²) in [5.41, 5.74) is 16.5. The number of nitrogens with one attached hydrogen (secondary N) is 3. The molecule has 0 spiro atoms. The fourth-order valence-electron chi connectivity index (χ4n) is 2.66. The van der Waals surface area contributed by atoms with Gasteiger partial charge in [-0.1, -0.05) is 0 Å². The number of aliphatic imine (C=N–C) groups is 1. The van der Waals surface area contributed by atoms with Gasteiger partial charge in [0.05, 0.1) is 6.04 Å². The summed E-state index contributed by atoms with van der Waals surface area (Å²) < 4.78 is 0. The topological polar surface area (TPSA) is 215 Å². The number of hydrogen-bond donors (Lipinski definition) is 8. The predicted molar refractivity (Wildman–Crippen MR) is 141 cm³/mol. The average Bonchev–Trinajstić information content (AvgIpc) is 2.79. The number of rotatable bonds is 18. The van der Waals surface area contributed by atoms with Crippen molar-refractivity contribution in [2.75, 3.05) is 36.3 Å². The second kappa shape index (κ2) is 18.5. The van der Waals surface area contributed by atoms with Gasteiger partial charge in [-0.3, -0.25) is 19.4 Å². The van der Waals surface area contributed by atoms with E-state index < -0.39 is 47.9 Å². The Morgan fingerprint density at radius 3 is 1.94 bits per heavy atom. The molecule has 0 heterocycles. The number of carboxylic acids is 1. The van der Waals surface area contributed by atoms with Crippen LogP contribution in [0.25, 0.3) is 0 Å². The maximum absolute atomic E-state index is 12.8. The molecule has 0 bridgehead atoms. The SMILES string of the molecule is CSCCC(N)C(=O)NC(CS)C(=O)NC(CCCN=C(N)N)C(=O)NC(CCSC)C(=O)O. The molecule has 196 valence electrons. The van der Waals surface area contributed by atoms with Gasteiger partial charge in [-0.2, -0.15) is 36.2 Å². The zero-order chi connectivity index (χ0) is 26.1. The number of carboxylic acid groups (broad SMARTS) is 1. The molecule has 0 aliphatic rings. The Morgan fingerprint density at radius 1 is 0.882 bits per heavy atom. The highest BCUT2D eigenvalue weighted by molar-refractivity contribution is 7.98. The summed E-state index contributed by atoms with van der Waals surface area (Å²) in [7, 11) is 0. The molecule has 4 unspecified atom stereocenters. The molecular formula is C19H37N7O5S3. The zero-order valence-electron chi connectivity index (χ0n) is 19.5. The van der Waals surface area contributed by atoms with E-state index in [0.29, 0.717) is 24.3 Å². The molecule has 0 aromatic carbocycles. The second-order valence-electron chi connectivity index (χ2n) is 7.32. The van der Waals surface area contributed by atoms with Gasteiger partial charge in [-0.25, -0.2) is 4.79 Å². The van der Waals surface area contributed by atoms with Crippen molar-refractivity contribution in [3.8, 4) is 0 Å². The Balaban J connectivity index is 5.32. The van der Waals surface area contributed by atoms with Crippen molar-refractivity contribution >= 4 is 65.8 Å². The number of carbonyl (C=O) groups is 4. The monoisotopic (exact) mass is 539 g/mol. The minimum Gasteiger partial charge on any atom is -0.480 e. The van der Waals surface area contributed by atoms with Crippen LogP contribution in [0.15, 0.2) is 4.99 Å². The van der Waals surface area contributed by atoms with Crippen molar-refractivity contribution in [2.45, 2.75) is 49.9 Å². The van der Waals surface area contributed by atoms with Crippen molar-refractivity contribution in [3.63, 3.8) is 0 Å². The van der Waals surface area contributed by atoms with E-state index in [4.69, 9.17) is 17.2 Å². The molecule has 10 N–H and O–H groups in total. The van der Waals surface area contributed by atoms with Gasteiger partial charge >= 0.3 is 5.97 Å². The highest BCUT2D eigenvalue weighted by atomic mass is 32.2. The second-order valence-corrected chi connectivity index (χ2v) is 9.66. The Labute approximate surface area is 214 Å². The van der Waals surface area contributed by atoms with E-state index >= 15 is 0 Å². The Kier molecular flexibility index (Phi) is 17.5. The van der Waals surface area contributed by atoms with Gasteiger partial charge in [-0.15, -0.1) is 0 Å². The van der Waals surface area contributed by atoms with Crippen LogP contribution in [0.5, 0.6) is 0 Å². The van der Waals surface area contributed by atoms with Crippen LogP contribution >= 0.6 is 36.2 Å². The number of guanidine groups is 1. The smallest absolute Gasteiger partial charge is 0.326 e. The van der Waals surface area contributed by atoms with Crippen LogP contribution in [0, 0.1) is 0 Å². The van der Waals surface area contributed by atoms with Crippen LogP contribution in [0.1, 0.15) is 25.7 Å². The molecule has 15 heteroatoms. The fourth-order valence-corrected chi connectivity index (χ4v) is 3.88. The van der Waals surface area contributed by atoms with Crippen LogP contribution in [0.3, 0.4) is 0 Å². The zero-order valence-corrected chi connectivity index (χ0v) is 22.0. The van der Waals surface area contributed by atoms with E-state index in [0.717, 1.165) is 0 Å². The molecule has 34 heavy (non-hydrogen) atoms. The number of thiol groups is 1. The lowest BCUT2D eigenvalue weighted by atomic mass is 10.1. The first-order valence-electron chi connectivity index (χ1n) is 10.6. The molecule has 0 saturated heterocycles.